The lowest BCUT2D eigenvalue weighted by atomic mass is 10.2. The van der Waals surface area contributed by atoms with Crippen molar-refractivity contribution in [2.45, 2.75) is 38.6 Å². The number of carboxylic acids is 1. The lowest BCUT2D eigenvalue weighted by Gasteiger charge is -2.24. The number of amides is 2. The quantitative estimate of drug-likeness (QED) is 0.596. The fraction of sp³-hybridized carbons (Fsp3) is 0.833. The number of aliphatic carboxylic acids is 1. The van der Waals surface area contributed by atoms with Gasteiger partial charge in [0, 0.05) is 13.1 Å². The summed E-state index contributed by atoms with van der Waals surface area (Å²) in [5.41, 5.74) is 0. The van der Waals surface area contributed by atoms with Crippen LogP contribution in [0.2, 0.25) is 0 Å². The Balaban J connectivity index is 2.50. The number of aliphatic hydroxyl groups excluding tert-OH is 1. The Bertz CT molecular complexity index is 292. The van der Waals surface area contributed by atoms with E-state index >= 15 is 0 Å². The van der Waals surface area contributed by atoms with Crippen LogP contribution >= 0.6 is 0 Å². The molecule has 0 saturated heterocycles. The van der Waals surface area contributed by atoms with Gasteiger partial charge in [0.1, 0.15) is 6.04 Å². The summed E-state index contributed by atoms with van der Waals surface area (Å²) in [6.45, 7) is 2.68. The van der Waals surface area contributed by atoms with E-state index in [2.05, 4.69) is 5.32 Å². The molecule has 0 aliphatic heterocycles. The van der Waals surface area contributed by atoms with Crippen LogP contribution in [0.25, 0.3) is 0 Å². The normalized spacial score (nSPS) is 16.1. The van der Waals surface area contributed by atoms with Crippen LogP contribution in [0.4, 0.5) is 4.79 Å². The molecule has 2 amide bonds. The number of unbranched alkanes of at least 4 members (excludes halogenated alkanes) is 1. The third-order valence-corrected chi connectivity index (χ3v) is 3.08. The van der Waals surface area contributed by atoms with E-state index in [9.17, 15) is 9.59 Å². The molecule has 6 heteroatoms. The minimum atomic E-state index is -0.981. The van der Waals surface area contributed by atoms with Gasteiger partial charge in [-0.2, -0.15) is 0 Å². The Hall–Kier alpha value is -1.30. The van der Waals surface area contributed by atoms with Gasteiger partial charge in [-0.05, 0) is 25.2 Å². The second-order valence-corrected chi connectivity index (χ2v) is 4.67. The molecule has 1 atom stereocenters. The van der Waals surface area contributed by atoms with E-state index in [1.54, 1.807) is 0 Å². The molecule has 1 fully saturated rings. The summed E-state index contributed by atoms with van der Waals surface area (Å²) < 4.78 is 0. The molecule has 0 heterocycles. The number of nitrogens with one attached hydrogen (secondary N) is 1. The SMILES string of the molecule is CCCCN(CCO)C(=O)NC(C(=O)O)C1CC1. The zero-order valence-corrected chi connectivity index (χ0v) is 10.8. The van der Waals surface area contributed by atoms with Crippen molar-refractivity contribution < 1.29 is 19.8 Å². The van der Waals surface area contributed by atoms with Crippen LogP contribution in [0.1, 0.15) is 32.6 Å². The van der Waals surface area contributed by atoms with Gasteiger partial charge in [0.25, 0.3) is 0 Å². The number of rotatable bonds is 8. The molecular formula is C12H22N2O4. The monoisotopic (exact) mass is 258 g/mol. The first kappa shape index (κ1) is 14.8. The second-order valence-electron chi connectivity index (χ2n) is 4.67. The van der Waals surface area contributed by atoms with Crippen molar-refractivity contribution in [2.75, 3.05) is 19.7 Å². The topological polar surface area (TPSA) is 89.9 Å². The Morgan fingerprint density at radius 3 is 2.50 bits per heavy atom. The summed E-state index contributed by atoms with van der Waals surface area (Å²) in [6, 6.07) is -1.18. The molecule has 0 bridgehead atoms. The number of carboxylic acid groups (broad SMARTS) is 1. The first-order valence-corrected chi connectivity index (χ1v) is 6.49. The average Bonchev–Trinajstić information content (AvgIpc) is 3.14. The molecule has 0 aromatic heterocycles. The molecular weight excluding hydrogens is 236 g/mol. The minimum Gasteiger partial charge on any atom is -0.480 e. The van der Waals surface area contributed by atoms with Crippen LogP contribution < -0.4 is 5.32 Å². The molecule has 0 radical (unpaired) electrons. The first-order chi connectivity index (χ1) is 8.60. The fourth-order valence-corrected chi connectivity index (χ4v) is 1.82. The molecule has 1 aliphatic carbocycles. The highest BCUT2D eigenvalue weighted by atomic mass is 16.4. The highest BCUT2D eigenvalue weighted by Gasteiger charge is 2.37. The average molecular weight is 258 g/mol. The molecule has 1 saturated carbocycles. The molecule has 0 aromatic rings. The lowest BCUT2D eigenvalue weighted by Crippen LogP contribution is -2.49. The smallest absolute Gasteiger partial charge is 0.326 e. The molecule has 1 unspecified atom stereocenters. The Morgan fingerprint density at radius 1 is 1.39 bits per heavy atom. The van der Waals surface area contributed by atoms with Crippen LogP contribution in [0.5, 0.6) is 0 Å². The van der Waals surface area contributed by atoms with Crippen molar-refractivity contribution in [1.82, 2.24) is 10.2 Å². The van der Waals surface area contributed by atoms with Crippen LogP contribution in [-0.2, 0) is 4.79 Å². The third-order valence-electron chi connectivity index (χ3n) is 3.08. The second kappa shape index (κ2) is 7.20. The van der Waals surface area contributed by atoms with Gasteiger partial charge in [-0.3, -0.25) is 0 Å². The van der Waals surface area contributed by atoms with Gasteiger partial charge in [0.2, 0.25) is 0 Å². The summed E-state index contributed by atoms with van der Waals surface area (Å²) in [4.78, 5) is 24.4. The first-order valence-electron chi connectivity index (χ1n) is 6.49. The number of carbonyl (C=O) groups excluding carboxylic acids is 1. The van der Waals surface area contributed by atoms with Crippen molar-refractivity contribution in [2.24, 2.45) is 5.92 Å². The van der Waals surface area contributed by atoms with Gasteiger partial charge in [0.05, 0.1) is 6.61 Å². The van der Waals surface area contributed by atoms with Crippen molar-refractivity contribution >= 4 is 12.0 Å². The van der Waals surface area contributed by atoms with Crippen molar-refractivity contribution in [3.63, 3.8) is 0 Å². The van der Waals surface area contributed by atoms with Crippen molar-refractivity contribution in [3.05, 3.63) is 0 Å². The number of hydrogen-bond donors (Lipinski definition) is 3. The standard InChI is InChI=1S/C12H22N2O4/c1-2-3-6-14(7-8-15)12(18)13-10(11(16)17)9-4-5-9/h9-10,15H,2-8H2,1H3,(H,13,18)(H,16,17). The Kier molecular flexibility index (Phi) is 5.91. The predicted octanol–water partition coefficient (Wildman–Crippen LogP) is 0.654. The van der Waals surface area contributed by atoms with Gasteiger partial charge in [-0.1, -0.05) is 13.3 Å². The maximum atomic E-state index is 11.9. The molecule has 18 heavy (non-hydrogen) atoms. The number of hydrogen-bond acceptors (Lipinski definition) is 3. The van der Waals surface area contributed by atoms with Crippen LogP contribution in [0, 0.1) is 5.92 Å². The highest BCUT2D eigenvalue weighted by molar-refractivity contribution is 5.83. The van der Waals surface area contributed by atoms with Crippen molar-refractivity contribution in [1.29, 1.82) is 0 Å². The minimum absolute atomic E-state index is 0.0635. The lowest BCUT2D eigenvalue weighted by molar-refractivity contribution is -0.139. The number of nitrogens with zero attached hydrogens (tertiary/aromatic N) is 1. The molecule has 6 nitrogen and oxygen atoms in total. The zero-order valence-electron chi connectivity index (χ0n) is 10.8. The van der Waals surface area contributed by atoms with E-state index in [1.165, 1.54) is 4.90 Å². The van der Waals surface area contributed by atoms with E-state index in [1.807, 2.05) is 6.92 Å². The van der Waals surface area contributed by atoms with Gasteiger partial charge in [-0.15, -0.1) is 0 Å². The van der Waals surface area contributed by atoms with Gasteiger partial charge in [-0.25, -0.2) is 9.59 Å². The van der Waals surface area contributed by atoms with Crippen LogP contribution in [0.3, 0.4) is 0 Å². The van der Waals surface area contributed by atoms with E-state index in [0.29, 0.717) is 6.54 Å². The van der Waals surface area contributed by atoms with Gasteiger partial charge < -0.3 is 20.4 Å². The summed E-state index contributed by atoms with van der Waals surface area (Å²) >= 11 is 0. The largest absolute Gasteiger partial charge is 0.480 e. The Labute approximate surface area is 107 Å². The summed E-state index contributed by atoms with van der Waals surface area (Å²) in [6.07, 6.45) is 3.49. The molecule has 0 aromatic carbocycles. The molecule has 0 spiro atoms. The van der Waals surface area contributed by atoms with E-state index in [0.717, 1.165) is 25.7 Å². The molecule has 104 valence electrons. The fourth-order valence-electron chi connectivity index (χ4n) is 1.82. The van der Waals surface area contributed by atoms with Gasteiger partial charge >= 0.3 is 12.0 Å². The summed E-state index contributed by atoms with van der Waals surface area (Å²) in [5.74, 6) is -0.918. The van der Waals surface area contributed by atoms with Crippen LogP contribution in [-0.4, -0.2) is 52.9 Å². The summed E-state index contributed by atoms with van der Waals surface area (Å²) in [5, 5.41) is 20.5. The molecule has 1 rings (SSSR count). The zero-order chi connectivity index (χ0) is 13.5. The Morgan fingerprint density at radius 2 is 2.06 bits per heavy atom. The third kappa shape index (κ3) is 4.52. The van der Waals surface area contributed by atoms with E-state index in [4.69, 9.17) is 10.2 Å². The number of aliphatic hydroxyl groups is 1. The molecule has 1 aliphatic rings. The maximum absolute atomic E-state index is 11.9. The van der Waals surface area contributed by atoms with Crippen LogP contribution in [0.15, 0.2) is 0 Å². The molecule has 3 N–H and O–H groups in total. The van der Waals surface area contributed by atoms with E-state index < -0.39 is 18.0 Å². The maximum Gasteiger partial charge on any atom is 0.326 e. The predicted molar refractivity (Wildman–Crippen MR) is 66.2 cm³/mol. The summed E-state index contributed by atoms with van der Waals surface area (Å²) in [7, 11) is 0. The van der Waals surface area contributed by atoms with Gasteiger partial charge in [0.15, 0.2) is 0 Å². The number of carbonyl (C=O) groups is 2. The van der Waals surface area contributed by atoms with E-state index in [-0.39, 0.29) is 19.1 Å². The number of urea groups is 1. The van der Waals surface area contributed by atoms with Crippen molar-refractivity contribution in [3.8, 4) is 0 Å². The highest BCUT2D eigenvalue weighted by Crippen LogP contribution is 2.32.